The van der Waals surface area contributed by atoms with Gasteiger partial charge in [0.1, 0.15) is 5.69 Å². The number of hydrogen-bond acceptors (Lipinski definition) is 8. The molecule has 2 aliphatic carbocycles. The van der Waals surface area contributed by atoms with Gasteiger partial charge in [0.05, 0.1) is 11.3 Å². The maximum atomic E-state index is 14.1. The SMILES string of the molecule is Nc1cc(C(F)(F)F)c2nc1-c1nnc(o1)[C@@](O)(C(F)(F)F)CCCCCN(C1CC3(C1)CN(C(=O)C1CC1)C3)C2=O. The number of aromatic nitrogens is 3. The maximum Gasteiger partial charge on any atom is 0.426 e. The molecule has 3 fully saturated rings. The third-order valence-electron chi connectivity index (χ3n) is 8.78. The molecular formula is C26H28F6N6O4. The van der Waals surface area contributed by atoms with Crippen LogP contribution in [0, 0.1) is 11.3 Å². The maximum absolute atomic E-state index is 14.1. The van der Waals surface area contributed by atoms with Gasteiger partial charge in [-0.3, -0.25) is 9.59 Å². The molecule has 2 aliphatic heterocycles. The molecule has 0 radical (unpaired) electrons. The fourth-order valence-corrected chi connectivity index (χ4v) is 6.29. The summed E-state index contributed by atoms with van der Waals surface area (Å²) in [5, 5.41) is 17.4. The molecule has 0 aromatic carbocycles. The van der Waals surface area contributed by atoms with Gasteiger partial charge >= 0.3 is 12.4 Å². The zero-order valence-electron chi connectivity index (χ0n) is 22.3. The fourth-order valence-electron chi connectivity index (χ4n) is 6.29. The predicted molar refractivity (Wildman–Crippen MR) is 131 cm³/mol. The van der Waals surface area contributed by atoms with E-state index in [0.29, 0.717) is 32.0 Å². The van der Waals surface area contributed by atoms with Crippen molar-refractivity contribution in [2.45, 2.75) is 75.4 Å². The van der Waals surface area contributed by atoms with Crippen molar-refractivity contribution in [1.29, 1.82) is 0 Å². The number of alkyl halides is 6. The summed E-state index contributed by atoms with van der Waals surface area (Å²) in [5.74, 6) is -2.80. The van der Waals surface area contributed by atoms with Crippen LogP contribution in [0.25, 0.3) is 11.6 Å². The van der Waals surface area contributed by atoms with Crippen LogP contribution in [0.4, 0.5) is 32.0 Å². The second kappa shape index (κ2) is 9.54. The van der Waals surface area contributed by atoms with Crippen LogP contribution in [-0.4, -0.2) is 73.8 Å². The summed E-state index contributed by atoms with van der Waals surface area (Å²) in [6.45, 7) is 1.01. The van der Waals surface area contributed by atoms with Gasteiger partial charge in [0, 0.05) is 37.0 Å². The van der Waals surface area contributed by atoms with Crippen LogP contribution in [0.15, 0.2) is 10.5 Å². The first-order chi connectivity index (χ1) is 19.6. The summed E-state index contributed by atoms with van der Waals surface area (Å²) in [4.78, 5) is 33.0. The largest absolute Gasteiger partial charge is 0.426 e. The Hall–Kier alpha value is -3.43. The van der Waals surface area contributed by atoms with Crippen molar-refractivity contribution in [1.82, 2.24) is 25.0 Å². The molecule has 2 aromatic heterocycles. The summed E-state index contributed by atoms with van der Waals surface area (Å²) in [6, 6.07) is 0.0178. The van der Waals surface area contributed by atoms with Gasteiger partial charge in [-0.2, -0.15) is 26.3 Å². The molecule has 6 rings (SSSR count). The Morgan fingerprint density at radius 2 is 1.74 bits per heavy atom. The zero-order chi connectivity index (χ0) is 30.2. The van der Waals surface area contributed by atoms with E-state index in [4.69, 9.17) is 10.2 Å². The summed E-state index contributed by atoms with van der Waals surface area (Å²) in [6.07, 6.45) is -8.23. The molecule has 42 heavy (non-hydrogen) atoms. The number of nitrogens with two attached hydrogens (primary N) is 1. The van der Waals surface area contributed by atoms with Gasteiger partial charge in [-0.05, 0) is 51.0 Å². The number of anilines is 1. The number of carbonyl (C=O) groups excluding carboxylic acids is 2. The average molecular weight is 603 g/mol. The van der Waals surface area contributed by atoms with Gasteiger partial charge in [0.15, 0.2) is 5.69 Å². The molecule has 228 valence electrons. The highest BCUT2D eigenvalue weighted by Gasteiger charge is 2.59. The summed E-state index contributed by atoms with van der Waals surface area (Å²) < 4.78 is 89.2. The first-order valence-electron chi connectivity index (χ1n) is 13.7. The number of halogens is 6. The average Bonchev–Trinajstić information content (AvgIpc) is 3.59. The van der Waals surface area contributed by atoms with E-state index in [1.807, 2.05) is 0 Å². The number of aliphatic hydroxyl groups is 1. The van der Waals surface area contributed by atoms with E-state index in [-0.39, 0.29) is 43.0 Å². The quantitative estimate of drug-likeness (QED) is 0.494. The minimum absolute atomic E-state index is 0.0359. The number of hydrogen-bond donors (Lipinski definition) is 2. The third-order valence-corrected chi connectivity index (χ3v) is 8.78. The highest BCUT2D eigenvalue weighted by molar-refractivity contribution is 5.95. The molecule has 4 bridgehead atoms. The fraction of sp³-hybridized carbons (Fsp3) is 0.654. The Morgan fingerprint density at radius 3 is 2.36 bits per heavy atom. The molecule has 4 heterocycles. The van der Waals surface area contributed by atoms with Crippen molar-refractivity contribution in [2.24, 2.45) is 11.3 Å². The van der Waals surface area contributed by atoms with Crippen LogP contribution in [-0.2, 0) is 16.6 Å². The number of nitrogen functional groups attached to an aromatic ring is 1. The number of fused-ring (bicyclic) bond motifs is 5. The highest BCUT2D eigenvalue weighted by atomic mass is 19.4. The van der Waals surface area contributed by atoms with Crippen LogP contribution in [0.2, 0.25) is 0 Å². The van der Waals surface area contributed by atoms with Gasteiger partial charge < -0.3 is 25.1 Å². The second-order valence-electron chi connectivity index (χ2n) is 11.9. The first-order valence-corrected chi connectivity index (χ1v) is 13.7. The van der Waals surface area contributed by atoms with Crippen molar-refractivity contribution in [3.8, 4) is 11.6 Å². The van der Waals surface area contributed by atoms with E-state index < -0.39 is 70.7 Å². The minimum Gasteiger partial charge on any atom is -0.416 e. The molecule has 10 nitrogen and oxygen atoms in total. The zero-order valence-corrected chi connectivity index (χ0v) is 22.3. The standard InChI is InChI=1S/C26H28F6N6O4/c27-25(28,29)15-8-16(33)18-19-35-36-22(42-19)24(41,26(30,31)32)6-2-1-3-7-38(21(40)17(15)34-18)14-9-23(10-14)11-37(12-23)20(39)13-4-5-13/h8,13-14,41H,1-7,9-12,33H2/t24-/m1/s1. The van der Waals surface area contributed by atoms with Crippen molar-refractivity contribution in [2.75, 3.05) is 25.4 Å². The number of nitrogens with zero attached hydrogens (tertiary/aromatic N) is 5. The van der Waals surface area contributed by atoms with Crippen LogP contribution < -0.4 is 5.73 Å². The molecule has 16 heteroatoms. The first kappa shape index (κ1) is 28.7. The number of likely N-dealkylation sites (tertiary alicyclic amines) is 1. The molecular weight excluding hydrogens is 574 g/mol. The van der Waals surface area contributed by atoms with Gasteiger partial charge in [0.25, 0.3) is 17.7 Å². The van der Waals surface area contributed by atoms with Crippen LogP contribution >= 0.6 is 0 Å². The lowest BCUT2D eigenvalue weighted by Crippen LogP contribution is -2.68. The van der Waals surface area contributed by atoms with Crippen LogP contribution in [0.1, 0.15) is 73.3 Å². The van der Waals surface area contributed by atoms with Crippen molar-refractivity contribution < 1.29 is 45.5 Å². The van der Waals surface area contributed by atoms with E-state index in [0.717, 1.165) is 12.8 Å². The summed E-state index contributed by atoms with van der Waals surface area (Å²) >= 11 is 0. The smallest absolute Gasteiger partial charge is 0.416 e. The summed E-state index contributed by atoms with van der Waals surface area (Å²) in [7, 11) is 0. The normalized spacial score (nSPS) is 25.2. The van der Waals surface area contributed by atoms with Crippen LogP contribution in [0.3, 0.4) is 0 Å². The Kier molecular flexibility index (Phi) is 6.51. The number of rotatable bonds is 2. The second-order valence-corrected chi connectivity index (χ2v) is 11.9. The summed E-state index contributed by atoms with van der Waals surface area (Å²) in [5.41, 5.74) is -1.59. The molecule has 2 amide bonds. The van der Waals surface area contributed by atoms with Gasteiger partial charge in [0.2, 0.25) is 11.5 Å². The van der Waals surface area contributed by atoms with Crippen molar-refractivity contribution in [3.63, 3.8) is 0 Å². The molecule has 1 saturated heterocycles. The number of pyridine rings is 1. The van der Waals surface area contributed by atoms with E-state index in [9.17, 15) is 41.0 Å². The predicted octanol–water partition coefficient (Wildman–Crippen LogP) is 3.90. The lowest BCUT2D eigenvalue weighted by Gasteiger charge is -2.61. The third kappa shape index (κ3) is 4.76. The lowest BCUT2D eigenvalue weighted by molar-refractivity contribution is -0.277. The van der Waals surface area contributed by atoms with Crippen molar-refractivity contribution >= 4 is 17.5 Å². The lowest BCUT2D eigenvalue weighted by atomic mass is 9.60. The molecule has 3 N–H and O–H groups in total. The Balaban J connectivity index is 1.34. The molecule has 0 unspecified atom stereocenters. The number of carbonyl (C=O) groups is 2. The topological polar surface area (TPSA) is 139 Å². The van der Waals surface area contributed by atoms with Gasteiger partial charge in [-0.15, -0.1) is 10.2 Å². The van der Waals surface area contributed by atoms with E-state index in [1.54, 1.807) is 4.90 Å². The monoisotopic (exact) mass is 602 g/mol. The Labute approximate surface area is 235 Å². The van der Waals surface area contributed by atoms with Crippen molar-refractivity contribution in [3.05, 3.63) is 23.2 Å². The van der Waals surface area contributed by atoms with Gasteiger partial charge in [-0.1, -0.05) is 6.42 Å². The van der Waals surface area contributed by atoms with E-state index >= 15 is 0 Å². The molecule has 4 aliphatic rings. The Bertz CT molecular complexity index is 1410. The number of amides is 2. The molecule has 1 spiro atoms. The Morgan fingerprint density at radius 1 is 1.05 bits per heavy atom. The molecule has 2 aromatic rings. The van der Waals surface area contributed by atoms with E-state index in [1.165, 1.54) is 4.90 Å². The van der Waals surface area contributed by atoms with Crippen LogP contribution in [0.5, 0.6) is 0 Å². The minimum atomic E-state index is -5.20. The van der Waals surface area contributed by atoms with Gasteiger partial charge in [-0.25, -0.2) is 4.98 Å². The highest BCUT2D eigenvalue weighted by Crippen LogP contribution is 2.52. The van der Waals surface area contributed by atoms with E-state index in [2.05, 4.69) is 15.2 Å². The molecule has 2 saturated carbocycles. The molecule has 1 atom stereocenters.